The van der Waals surface area contributed by atoms with Crippen molar-refractivity contribution in [2.24, 2.45) is 0 Å². The van der Waals surface area contributed by atoms with Crippen molar-refractivity contribution < 1.29 is 19.2 Å². The number of amides is 1. The number of benzene rings is 2. The molecule has 1 aliphatic rings. The van der Waals surface area contributed by atoms with Gasteiger partial charge in [0, 0.05) is 30.3 Å². The number of rotatable bonds is 6. The van der Waals surface area contributed by atoms with Crippen molar-refractivity contribution in [3.05, 3.63) is 75.8 Å². The third-order valence-corrected chi connectivity index (χ3v) is 4.60. The van der Waals surface area contributed by atoms with Crippen LogP contribution >= 0.6 is 0 Å². The Bertz CT molecular complexity index is 831. The van der Waals surface area contributed by atoms with Crippen molar-refractivity contribution in [3.8, 4) is 0 Å². The molecule has 1 heterocycles. The van der Waals surface area contributed by atoms with Crippen LogP contribution in [0.15, 0.2) is 54.6 Å². The van der Waals surface area contributed by atoms with Gasteiger partial charge in [0.15, 0.2) is 0 Å². The van der Waals surface area contributed by atoms with E-state index in [0.717, 1.165) is 0 Å². The number of ether oxygens (including phenoxy) is 1. The standard InChI is InChI=1S/C20H21N3O5/c24-19(15-4-2-1-3-5-15)22-16-8-11-18(21-12-16)20(25)28-13-14-6-9-17(10-7-14)23(26)27/h1-7,9-10,16,18,21H,8,11-13H2,(H,22,24)/t16-,18+/m1/s1. The van der Waals surface area contributed by atoms with Gasteiger partial charge >= 0.3 is 5.97 Å². The Balaban J connectivity index is 1.42. The number of hydrogen-bond donors (Lipinski definition) is 2. The van der Waals surface area contributed by atoms with Gasteiger partial charge in [0.2, 0.25) is 0 Å². The van der Waals surface area contributed by atoms with Gasteiger partial charge < -0.3 is 15.4 Å². The first-order valence-electron chi connectivity index (χ1n) is 9.02. The first-order chi connectivity index (χ1) is 13.5. The second kappa shape index (κ2) is 9.09. The third kappa shape index (κ3) is 5.14. The van der Waals surface area contributed by atoms with Crippen molar-refractivity contribution in [1.82, 2.24) is 10.6 Å². The third-order valence-electron chi connectivity index (χ3n) is 4.60. The van der Waals surface area contributed by atoms with Gasteiger partial charge in [-0.3, -0.25) is 19.7 Å². The fourth-order valence-electron chi connectivity index (χ4n) is 3.01. The van der Waals surface area contributed by atoms with E-state index in [1.165, 1.54) is 12.1 Å². The normalized spacial score (nSPS) is 18.9. The topological polar surface area (TPSA) is 111 Å². The lowest BCUT2D eigenvalue weighted by molar-refractivity contribution is -0.384. The highest BCUT2D eigenvalue weighted by molar-refractivity contribution is 5.94. The number of carbonyl (C=O) groups excluding carboxylic acids is 2. The molecule has 0 radical (unpaired) electrons. The minimum Gasteiger partial charge on any atom is -0.460 e. The number of nitro groups is 1. The first kappa shape index (κ1) is 19.5. The molecule has 8 heteroatoms. The van der Waals surface area contributed by atoms with Crippen LogP contribution in [0.25, 0.3) is 0 Å². The molecule has 28 heavy (non-hydrogen) atoms. The SMILES string of the molecule is O=C(N[C@@H]1CC[C@@H](C(=O)OCc2ccc([N+](=O)[O-])cc2)NC1)c1ccccc1. The Labute approximate surface area is 162 Å². The van der Waals surface area contributed by atoms with Crippen LogP contribution in [0.1, 0.15) is 28.8 Å². The van der Waals surface area contributed by atoms with Crippen LogP contribution in [-0.2, 0) is 16.1 Å². The maximum absolute atomic E-state index is 12.2. The van der Waals surface area contributed by atoms with Gasteiger partial charge in [0.25, 0.3) is 11.6 Å². The Kier molecular flexibility index (Phi) is 6.33. The van der Waals surface area contributed by atoms with Gasteiger partial charge in [-0.2, -0.15) is 0 Å². The van der Waals surface area contributed by atoms with Crippen LogP contribution in [0.4, 0.5) is 5.69 Å². The van der Waals surface area contributed by atoms with Crippen molar-refractivity contribution >= 4 is 17.6 Å². The number of non-ortho nitro benzene ring substituents is 1. The lowest BCUT2D eigenvalue weighted by Gasteiger charge is -2.29. The van der Waals surface area contributed by atoms with Gasteiger partial charge in [-0.05, 0) is 42.7 Å². The van der Waals surface area contributed by atoms with Crippen LogP contribution in [0.3, 0.4) is 0 Å². The van der Waals surface area contributed by atoms with E-state index in [0.29, 0.717) is 30.5 Å². The summed E-state index contributed by atoms with van der Waals surface area (Å²) in [5.74, 6) is -0.502. The van der Waals surface area contributed by atoms with Crippen molar-refractivity contribution in [3.63, 3.8) is 0 Å². The Morgan fingerprint density at radius 1 is 1.11 bits per heavy atom. The van der Waals surface area contributed by atoms with Crippen LogP contribution in [-0.4, -0.2) is 35.4 Å². The molecule has 0 aromatic heterocycles. The molecule has 0 saturated carbocycles. The zero-order valence-electron chi connectivity index (χ0n) is 15.2. The quantitative estimate of drug-likeness (QED) is 0.449. The predicted molar refractivity (Wildman–Crippen MR) is 102 cm³/mol. The molecule has 2 aromatic rings. The fraction of sp³-hybridized carbons (Fsp3) is 0.300. The molecule has 0 bridgehead atoms. The van der Waals surface area contributed by atoms with Crippen molar-refractivity contribution in [2.75, 3.05) is 6.54 Å². The summed E-state index contributed by atoms with van der Waals surface area (Å²) in [7, 11) is 0. The smallest absolute Gasteiger partial charge is 0.323 e. The van der Waals surface area contributed by atoms with E-state index >= 15 is 0 Å². The summed E-state index contributed by atoms with van der Waals surface area (Å²) < 4.78 is 5.29. The second-order valence-electron chi connectivity index (χ2n) is 6.61. The molecule has 2 atom stereocenters. The van der Waals surface area contributed by atoms with E-state index in [-0.39, 0.29) is 30.2 Å². The fourth-order valence-corrected chi connectivity index (χ4v) is 3.01. The molecule has 8 nitrogen and oxygen atoms in total. The predicted octanol–water partition coefficient (Wildman–Crippen LogP) is 2.19. The zero-order chi connectivity index (χ0) is 19.9. The van der Waals surface area contributed by atoms with Crippen LogP contribution in [0, 0.1) is 10.1 Å². The molecule has 146 valence electrons. The lowest BCUT2D eigenvalue weighted by Crippen LogP contribution is -2.52. The molecular formula is C20H21N3O5. The minimum absolute atomic E-state index is 0.00684. The highest BCUT2D eigenvalue weighted by Gasteiger charge is 2.27. The van der Waals surface area contributed by atoms with E-state index in [1.807, 2.05) is 18.2 Å². The summed E-state index contributed by atoms with van der Waals surface area (Å²) in [5, 5.41) is 16.7. The summed E-state index contributed by atoms with van der Waals surface area (Å²) >= 11 is 0. The van der Waals surface area contributed by atoms with Crippen LogP contribution in [0.5, 0.6) is 0 Å². The largest absolute Gasteiger partial charge is 0.460 e. The summed E-state index contributed by atoms with van der Waals surface area (Å²) in [6.07, 6.45) is 1.22. The molecule has 0 unspecified atom stereocenters. The lowest BCUT2D eigenvalue weighted by atomic mass is 10.0. The van der Waals surface area contributed by atoms with E-state index in [1.54, 1.807) is 24.3 Å². The maximum Gasteiger partial charge on any atom is 0.323 e. The molecule has 0 spiro atoms. The molecule has 3 rings (SSSR count). The Morgan fingerprint density at radius 2 is 1.82 bits per heavy atom. The molecule has 1 fully saturated rings. The molecule has 1 amide bonds. The number of nitrogens with zero attached hydrogens (tertiary/aromatic N) is 1. The van der Waals surface area contributed by atoms with Gasteiger partial charge in [0.05, 0.1) is 4.92 Å². The van der Waals surface area contributed by atoms with Gasteiger partial charge in [-0.25, -0.2) is 0 Å². The second-order valence-corrected chi connectivity index (χ2v) is 6.61. The van der Waals surface area contributed by atoms with E-state index in [4.69, 9.17) is 4.74 Å². The van der Waals surface area contributed by atoms with Crippen LogP contribution < -0.4 is 10.6 Å². The number of nitrogens with one attached hydrogen (secondary N) is 2. The average molecular weight is 383 g/mol. The molecule has 2 aromatic carbocycles. The molecular weight excluding hydrogens is 362 g/mol. The molecule has 1 saturated heterocycles. The number of nitro benzene ring substituents is 1. The van der Waals surface area contributed by atoms with E-state index in [9.17, 15) is 19.7 Å². The molecule has 1 aliphatic heterocycles. The van der Waals surface area contributed by atoms with Crippen molar-refractivity contribution in [2.45, 2.75) is 31.5 Å². The number of piperidine rings is 1. The van der Waals surface area contributed by atoms with E-state index < -0.39 is 11.0 Å². The highest BCUT2D eigenvalue weighted by Crippen LogP contribution is 2.14. The van der Waals surface area contributed by atoms with Crippen molar-refractivity contribution in [1.29, 1.82) is 0 Å². The van der Waals surface area contributed by atoms with E-state index in [2.05, 4.69) is 10.6 Å². The number of carbonyl (C=O) groups is 2. The number of hydrogen-bond acceptors (Lipinski definition) is 6. The highest BCUT2D eigenvalue weighted by atomic mass is 16.6. The monoisotopic (exact) mass is 383 g/mol. The minimum atomic E-state index is -0.477. The Hall–Kier alpha value is -3.26. The first-order valence-corrected chi connectivity index (χ1v) is 9.02. The van der Waals surface area contributed by atoms with Crippen LogP contribution in [0.2, 0.25) is 0 Å². The average Bonchev–Trinajstić information content (AvgIpc) is 2.73. The zero-order valence-corrected chi connectivity index (χ0v) is 15.2. The molecule has 0 aliphatic carbocycles. The summed E-state index contributed by atoms with van der Waals surface area (Å²) in [5.41, 5.74) is 1.28. The Morgan fingerprint density at radius 3 is 2.43 bits per heavy atom. The summed E-state index contributed by atoms with van der Waals surface area (Å²) in [4.78, 5) is 34.6. The van der Waals surface area contributed by atoms with Gasteiger partial charge in [-0.15, -0.1) is 0 Å². The summed E-state index contributed by atoms with van der Waals surface area (Å²) in [6, 6.07) is 14.4. The van der Waals surface area contributed by atoms with Gasteiger partial charge in [0.1, 0.15) is 12.6 Å². The molecule has 2 N–H and O–H groups in total. The maximum atomic E-state index is 12.2. The number of esters is 1. The summed E-state index contributed by atoms with van der Waals surface area (Å²) in [6.45, 7) is 0.541. The van der Waals surface area contributed by atoms with Gasteiger partial charge in [-0.1, -0.05) is 18.2 Å².